The molecule has 3 rings (SSSR count). The van der Waals surface area contributed by atoms with Crippen LogP contribution in [0.3, 0.4) is 0 Å². The van der Waals surface area contributed by atoms with Gasteiger partial charge in [0.25, 0.3) is 0 Å². The third kappa shape index (κ3) is 2.93. The molecule has 1 saturated carbocycles. The first-order valence-electron chi connectivity index (χ1n) is 6.89. The Hall–Kier alpha value is -1.87. The molecule has 4 heteroatoms. The Morgan fingerprint density at radius 2 is 1.71 bits per heavy atom. The second-order valence-corrected chi connectivity index (χ2v) is 5.83. The normalized spacial score (nSPS) is 15.5. The molecular formula is C17H15ClFNO. The molecule has 1 N–H and O–H groups in total. The molecule has 0 spiro atoms. The van der Waals surface area contributed by atoms with E-state index in [0.29, 0.717) is 11.6 Å². The van der Waals surface area contributed by atoms with E-state index in [1.807, 2.05) is 24.3 Å². The zero-order valence-electron chi connectivity index (χ0n) is 11.4. The van der Waals surface area contributed by atoms with Gasteiger partial charge in [0.15, 0.2) is 0 Å². The lowest BCUT2D eigenvalue weighted by molar-refractivity contribution is -0.123. The number of amides is 1. The first kappa shape index (κ1) is 14.1. The third-order valence-corrected chi connectivity index (χ3v) is 4.20. The Bertz CT molecular complexity index is 647. The highest BCUT2D eigenvalue weighted by atomic mass is 35.5. The Balaban J connectivity index is 1.67. The van der Waals surface area contributed by atoms with Gasteiger partial charge in [0.05, 0.1) is 5.41 Å². The zero-order valence-corrected chi connectivity index (χ0v) is 12.2. The van der Waals surface area contributed by atoms with Gasteiger partial charge in [-0.25, -0.2) is 4.39 Å². The molecule has 1 fully saturated rings. The summed E-state index contributed by atoms with van der Waals surface area (Å²) in [5.41, 5.74) is 1.48. The molecule has 0 atom stereocenters. The Morgan fingerprint density at radius 3 is 2.29 bits per heavy atom. The molecule has 0 radical (unpaired) electrons. The summed E-state index contributed by atoms with van der Waals surface area (Å²) in [5.74, 6) is -0.251. The minimum atomic E-state index is -0.412. The number of rotatable bonds is 4. The lowest BCUT2D eigenvalue weighted by Crippen LogP contribution is -2.34. The van der Waals surface area contributed by atoms with Gasteiger partial charge in [0.2, 0.25) is 5.91 Å². The van der Waals surface area contributed by atoms with E-state index >= 15 is 0 Å². The smallest absolute Gasteiger partial charge is 0.230 e. The van der Waals surface area contributed by atoms with Crippen LogP contribution in [0.15, 0.2) is 48.5 Å². The molecule has 1 aliphatic rings. The molecule has 0 bridgehead atoms. The number of hydrogen-bond acceptors (Lipinski definition) is 1. The highest BCUT2D eigenvalue weighted by Gasteiger charge is 2.50. The predicted octanol–water partition coefficient (Wildman–Crippen LogP) is 3.83. The minimum absolute atomic E-state index is 0.0224. The number of benzene rings is 2. The number of nitrogens with one attached hydrogen (secondary N) is 1. The first-order chi connectivity index (χ1) is 10.1. The van der Waals surface area contributed by atoms with E-state index in [4.69, 9.17) is 11.6 Å². The van der Waals surface area contributed by atoms with Gasteiger partial charge in [-0.1, -0.05) is 35.9 Å². The highest BCUT2D eigenvalue weighted by Crippen LogP contribution is 2.48. The molecule has 0 unspecified atom stereocenters. The van der Waals surface area contributed by atoms with Gasteiger partial charge in [-0.15, -0.1) is 0 Å². The summed E-state index contributed by atoms with van der Waals surface area (Å²) in [6, 6.07) is 13.6. The van der Waals surface area contributed by atoms with E-state index < -0.39 is 5.41 Å². The summed E-state index contributed by atoms with van der Waals surface area (Å²) in [4.78, 5) is 12.4. The predicted molar refractivity (Wildman–Crippen MR) is 80.6 cm³/mol. The van der Waals surface area contributed by atoms with E-state index in [-0.39, 0.29) is 11.7 Å². The van der Waals surface area contributed by atoms with E-state index in [1.165, 1.54) is 12.1 Å². The summed E-state index contributed by atoms with van der Waals surface area (Å²) in [5, 5.41) is 3.61. The van der Waals surface area contributed by atoms with Crippen LogP contribution in [0, 0.1) is 5.82 Å². The van der Waals surface area contributed by atoms with Gasteiger partial charge < -0.3 is 5.32 Å². The van der Waals surface area contributed by atoms with Crippen molar-refractivity contribution in [1.29, 1.82) is 0 Å². The maximum absolute atomic E-state index is 12.8. The molecule has 0 aliphatic heterocycles. The third-order valence-electron chi connectivity index (χ3n) is 3.95. The van der Waals surface area contributed by atoms with Crippen LogP contribution in [0.1, 0.15) is 24.0 Å². The molecule has 0 aromatic heterocycles. The fourth-order valence-corrected chi connectivity index (χ4v) is 2.62. The number of carbonyl (C=O) groups excluding carboxylic acids is 1. The van der Waals surface area contributed by atoms with Crippen LogP contribution in [-0.4, -0.2) is 5.91 Å². The number of hydrogen-bond donors (Lipinski definition) is 1. The summed E-state index contributed by atoms with van der Waals surface area (Å²) < 4.78 is 12.8. The monoisotopic (exact) mass is 303 g/mol. The molecule has 108 valence electrons. The van der Waals surface area contributed by atoms with Crippen LogP contribution < -0.4 is 5.32 Å². The lowest BCUT2D eigenvalue weighted by Gasteiger charge is -2.16. The van der Waals surface area contributed by atoms with Gasteiger partial charge in [0, 0.05) is 11.6 Å². The number of halogens is 2. The van der Waals surface area contributed by atoms with Crippen LogP contribution in [0.25, 0.3) is 0 Å². The molecule has 0 saturated heterocycles. The van der Waals surface area contributed by atoms with Gasteiger partial charge >= 0.3 is 0 Å². The Kier molecular flexibility index (Phi) is 3.68. The Morgan fingerprint density at radius 1 is 1.10 bits per heavy atom. The molecule has 2 aromatic carbocycles. The van der Waals surface area contributed by atoms with Crippen LogP contribution in [0.5, 0.6) is 0 Å². The maximum Gasteiger partial charge on any atom is 0.230 e. The second-order valence-electron chi connectivity index (χ2n) is 5.40. The van der Waals surface area contributed by atoms with Gasteiger partial charge in [-0.3, -0.25) is 4.79 Å². The maximum atomic E-state index is 12.8. The summed E-state index contributed by atoms with van der Waals surface area (Å²) in [6.45, 7) is 0.411. The van der Waals surface area contributed by atoms with Crippen molar-refractivity contribution in [2.24, 2.45) is 0 Å². The lowest BCUT2D eigenvalue weighted by atomic mass is 9.95. The Labute approximate surface area is 127 Å². The van der Waals surface area contributed by atoms with Crippen LogP contribution in [0.2, 0.25) is 5.02 Å². The van der Waals surface area contributed by atoms with Crippen LogP contribution in [-0.2, 0) is 16.8 Å². The van der Waals surface area contributed by atoms with Crippen molar-refractivity contribution in [3.05, 3.63) is 70.5 Å². The van der Waals surface area contributed by atoms with Crippen molar-refractivity contribution in [3.8, 4) is 0 Å². The van der Waals surface area contributed by atoms with Crippen molar-refractivity contribution in [3.63, 3.8) is 0 Å². The number of carbonyl (C=O) groups is 1. The summed E-state index contributed by atoms with van der Waals surface area (Å²) >= 11 is 5.88. The van der Waals surface area contributed by atoms with Crippen molar-refractivity contribution in [1.82, 2.24) is 5.32 Å². The first-order valence-corrected chi connectivity index (χ1v) is 7.27. The van der Waals surface area contributed by atoms with E-state index in [9.17, 15) is 9.18 Å². The van der Waals surface area contributed by atoms with Gasteiger partial charge in [-0.05, 0) is 48.2 Å². The highest BCUT2D eigenvalue weighted by molar-refractivity contribution is 6.30. The van der Waals surface area contributed by atoms with Crippen molar-refractivity contribution >= 4 is 17.5 Å². The van der Waals surface area contributed by atoms with Crippen LogP contribution in [0.4, 0.5) is 4.39 Å². The molecule has 1 amide bonds. The van der Waals surface area contributed by atoms with Gasteiger partial charge in [-0.2, -0.15) is 0 Å². The zero-order chi connectivity index (χ0) is 14.9. The van der Waals surface area contributed by atoms with Gasteiger partial charge in [0.1, 0.15) is 5.82 Å². The largest absolute Gasteiger partial charge is 0.351 e. The molecule has 1 aliphatic carbocycles. The average Bonchev–Trinajstić information content (AvgIpc) is 3.29. The fourth-order valence-electron chi connectivity index (χ4n) is 2.49. The summed E-state index contributed by atoms with van der Waals surface area (Å²) in [6.07, 6.45) is 1.70. The fraction of sp³-hybridized carbons (Fsp3) is 0.235. The topological polar surface area (TPSA) is 29.1 Å². The molecular weight excluding hydrogens is 289 g/mol. The molecule has 0 heterocycles. The molecule has 2 nitrogen and oxygen atoms in total. The molecule has 21 heavy (non-hydrogen) atoms. The quantitative estimate of drug-likeness (QED) is 0.914. The molecule has 2 aromatic rings. The van der Waals surface area contributed by atoms with Crippen molar-refractivity contribution in [2.45, 2.75) is 24.8 Å². The minimum Gasteiger partial charge on any atom is -0.351 e. The van der Waals surface area contributed by atoms with E-state index in [0.717, 1.165) is 24.0 Å². The van der Waals surface area contributed by atoms with E-state index in [1.54, 1.807) is 12.1 Å². The SMILES string of the molecule is O=C(NCc1ccc(F)cc1)C1(c2ccc(Cl)cc2)CC1. The van der Waals surface area contributed by atoms with E-state index in [2.05, 4.69) is 5.32 Å². The second kappa shape index (κ2) is 5.49. The average molecular weight is 304 g/mol. The van der Waals surface area contributed by atoms with Crippen molar-refractivity contribution in [2.75, 3.05) is 0 Å². The standard InChI is InChI=1S/C17H15ClFNO/c18-14-5-3-13(4-6-14)17(9-10-17)16(21)20-11-12-1-7-15(19)8-2-12/h1-8H,9-11H2,(H,20,21). The van der Waals surface area contributed by atoms with Crippen LogP contribution >= 0.6 is 11.6 Å². The van der Waals surface area contributed by atoms with Crippen molar-refractivity contribution < 1.29 is 9.18 Å². The summed E-state index contributed by atoms with van der Waals surface area (Å²) in [7, 11) is 0.